The Kier molecular flexibility index (Phi) is 3.43. The zero-order valence-corrected chi connectivity index (χ0v) is 9.75. The van der Waals surface area contributed by atoms with Crippen molar-refractivity contribution in [1.29, 1.82) is 0 Å². The van der Waals surface area contributed by atoms with E-state index >= 15 is 0 Å². The third kappa shape index (κ3) is 2.69. The van der Waals surface area contributed by atoms with Gasteiger partial charge in [-0.2, -0.15) is 15.4 Å². The molecule has 0 aliphatic carbocycles. The minimum Gasteiger partial charge on any atom is -0.480 e. The summed E-state index contributed by atoms with van der Waals surface area (Å²) in [5.74, 6) is 0.515. The normalized spacial score (nSPS) is 11.7. The molecule has 3 N–H and O–H groups in total. The quantitative estimate of drug-likeness (QED) is 0.677. The van der Waals surface area contributed by atoms with Crippen LogP contribution in [0.3, 0.4) is 0 Å². The first kappa shape index (κ1) is 12.6. The van der Waals surface area contributed by atoms with Gasteiger partial charge in [0.25, 0.3) is 5.91 Å². The van der Waals surface area contributed by atoms with Crippen LogP contribution in [0.2, 0.25) is 0 Å². The Labute approximate surface area is 108 Å². The number of amides is 1. The molecule has 0 saturated heterocycles. The van der Waals surface area contributed by atoms with Gasteiger partial charge in [0.1, 0.15) is 17.1 Å². The Morgan fingerprint density at radius 1 is 1.42 bits per heavy atom. The number of fused-ring (bicyclic) bond motifs is 1. The van der Waals surface area contributed by atoms with Gasteiger partial charge in [-0.15, -0.1) is 12.3 Å². The third-order valence-electron chi connectivity index (χ3n) is 2.50. The van der Waals surface area contributed by atoms with Crippen LogP contribution in [0, 0.1) is 12.3 Å². The number of aromatic nitrogens is 3. The highest BCUT2D eigenvalue weighted by Gasteiger charge is 2.19. The van der Waals surface area contributed by atoms with Crippen LogP contribution in [0.1, 0.15) is 16.8 Å². The van der Waals surface area contributed by atoms with E-state index in [4.69, 9.17) is 11.5 Å². The molecule has 19 heavy (non-hydrogen) atoms. The lowest BCUT2D eigenvalue weighted by Crippen LogP contribution is -2.40. The molecule has 2 rings (SSSR count). The molecule has 96 valence electrons. The number of carboxylic acids is 1. The van der Waals surface area contributed by atoms with Crippen molar-refractivity contribution in [2.75, 3.05) is 0 Å². The number of hydrogen-bond acceptors (Lipinski definition) is 4. The number of rotatable bonds is 4. The fourth-order valence-electron chi connectivity index (χ4n) is 1.54. The predicted molar refractivity (Wildman–Crippen MR) is 66.2 cm³/mol. The smallest absolute Gasteiger partial charge is 0.327 e. The molecule has 0 radical (unpaired) electrons. The van der Waals surface area contributed by atoms with Crippen molar-refractivity contribution in [3.05, 3.63) is 23.8 Å². The molecule has 0 fully saturated rings. The molecule has 7 heteroatoms. The molecule has 0 saturated carbocycles. The first-order valence-corrected chi connectivity index (χ1v) is 5.39. The monoisotopic (exact) mass is 258 g/mol. The summed E-state index contributed by atoms with van der Waals surface area (Å²) in [5, 5.41) is 21.4. The van der Waals surface area contributed by atoms with E-state index < -0.39 is 17.9 Å². The average Bonchev–Trinajstić information content (AvgIpc) is 2.85. The second-order valence-corrected chi connectivity index (χ2v) is 3.80. The Balaban J connectivity index is 2.18. The summed E-state index contributed by atoms with van der Waals surface area (Å²) in [6.45, 7) is 0. The van der Waals surface area contributed by atoms with Crippen LogP contribution in [0.4, 0.5) is 0 Å². The number of terminal acetylenes is 1. The fourth-order valence-corrected chi connectivity index (χ4v) is 1.54. The van der Waals surface area contributed by atoms with E-state index in [1.807, 2.05) is 0 Å². The standard InChI is InChI=1S/C12H10N4O3/c1-2-3-9(12(18)19)13-11(17)7-4-5-8-10(6-7)15-16-14-8/h1,4-6,9H,3H2,(H,13,17)(H,18,19)(H,14,15,16). The minimum atomic E-state index is -1.17. The highest BCUT2D eigenvalue weighted by Crippen LogP contribution is 2.10. The Hall–Kier alpha value is -2.88. The molecule has 7 nitrogen and oxygen atoms in total. The zero-order valence-electron chi connectivity index (χ0n) is 9.75. The topological polar surface area (TPSA) is 108 Å². The minimum absolute atomic E-state index is 0.0761. The fraction of sp³-hybridized carbons (Fsp3) is 0.167. The summed E-state index contributed by atoms with van der Waals surface area (Å²) in [7, 11) is 0. The van der Waals surface area contributed by atoms with Gasteiger partial charge < -0.3 is 10.4 Å². The summed E-state index contributed by atoms with van der Waals surface area (Å²) in [5.41, 5.74) is 1.44. The largest absolute Gasteiger partial charge is 0.480 e. The molecular weight excluding hydrogens is 248 g/mol. The third-order valence-corrected chi connectivity index (χ3v) is 2.50. The summed E-state index contributed by atoms with van der Waals surface area (Å²) in [6.07, 6.45) is 4.98. The highest BCUT2D eigenvalue weighted by atomic mass is 16.4. The van der Waals surface area contributed by atoms with E-state index in [2.05, 4.69) is 26.6 Å². The lowest BCUT2D eigenvalue weighted by molar-refractivity contribution is -0.139. The predicted octanol–water partition coefficient (Wildman–Crippen LogP) is 0.164. The number of aromatic amines is 1. The molecule has 1 amide bonds. The zero-order chi connectivity index (χ0) is 13.8. The van der Waals surface area contributed by atoms with Crippen LogP contribution in [-0.4, -0.2) is 38.4 Å². The van der Waals surface area contributed by atoms with Gasteiger partial charge in [-0.25, -0.2) is 4.79 Å². The van der Waals surface area contributed by atoms with Crippen LogP contribution in [-0.2, 0) is 4.79 Å². The molecule has 0 aliphatic heterocycles. The molecule has 0 spiro atoms. The number of carboxylic acid groups (broad SMARTS) is 1. The number of aliphatic carboxylic acids is 1. The molecule has 2 aromatic rings. The van der Waals surface area contributed by atoms with E-state index in [0.717, 1.165) is 0 Å². The number of carbonyl (C=O) groups is 2. The summed E-state index contributed by atoms with van der Waals surface area (Å²) in [4.78, 5) is 22.8. The van der Waals surface area contributed by atoms with Gasteiger partial charge in [0.15, 0.2) is 0 Å². The number of hydrogen-bond donors (Lipinski definition) is 3. The van der Waals surface area contributed by atoms with Crippen molar-refractivity contribution in [2.24, 2.45) is 0 Å². The number of benzene rings is 1. The molecule has 1 atom stereocenters. The van der Waals surface area contributed by atoms with E-state index in [9.17, 15) is 9.59 Å². The number of carbonyl (C=O) groups excluding carboxylic acids is 1. The van der Waals surface area contributed by atoms with Gasteiger partial charge in [0, 0.05) is 12.0 Å². The van der Waals surface area contributed by atoms with Crippen LogP contribution in [0.15, 0.2) is 18.2 Å². The maximum atomic E-state index is 11.9. The molecule has 1 aromatic heterocycles. The van der Waals surface area contributed by atoms with Gasteiger partial charge in [0.05, 0.1) is 0 Å². The maximum Gasteiger partial charge on any atom is 0.327 e. The Morgan fingerprint density at radius 2 is 2.16 bits per heavy atom. The number of H-pyrrole nitrogens is 1. The lowest BCUT2D eigenvalue weighted by atomic mass is 10.1. The lowest BCUT2D eigenvalue weighted by Gasteiger charge is -2.11. The molecule has 0 aliphatic rings. The molecule has 1 heterocycles. The van der Waals surface area contributed by atoms with E-state index in [0.29, 0.717) is 16.6 Å². The maximum absolute atomic E-state index is 11.9. The van der Waals surface area contributed by atoms with Crippen LogP contribution < -0.4 is 5.32 Å². The van der Waals surface area contributed by atoms with Gasteiger partial charge in [-0.3, -0.25) is 4.79 Å². The van der Waals surface area contributed by atoms with Gasteiger partial charge in [-0.05, 0) is 18.2 Å². The summed E-state index contributed by atoms with van der Waals surface area (Å²) >= 11 is 0. The highest BCUT2D eigenvalue weighted by molar-refractivity contribution is 5.99. The first-order chi connectivity index (χ1) is 9.11. The van der Waals surface area contributed by atoms with Crippen molar-refractivity contribution < 1.29 is 14.7 Å². The van der Waals surface area contributed by atoms with Gasteiger partial charge in [-0.1, -0.05) is 0 Å². The van der Waals surface area contributed by atoms with Crippen molar-refractivity contribution in [3.63, 3.8) is 0 Å². The van der Waals surface area contributed by atoms with Crippen molar-refractivity contribution in [2.45, 2.75) is 12.5 Å². The first-order valence-electron chi connectivity index (χ1n) is 5.39. The Bertz CT molecular complexity index is 671. The number of nitrogens with zero attached hydrogens (tertiary/aromatic N) is 2. The van der Waals surface area contributed by atoms with Crippen LogP contribution in [0.5, 0.6) is 0 Å². The molecule has 1 aromatic carbocycles. The average molecular weight is 258 g/mol. The summed E-state index contributed by atoms with van der Waals surface area (Å²) in [6, 6.07) is 3.56. The van der Waals surface area contributed by atoms with Crippen molar-refractivity contribution >= 4 is 22.9 Å². The molecule has 1 unspecified atom stereocenters. The SMILES string of the molecule is C#CCC(NC(=O)c1ccc2n[nH]nc2c1)C(=O)O. The molecular formula is C12H10N4O3. The van der Waals surface area contributed by atoms with E-state index in [1.54, 1.807) is 6.07 Å². The van der Waals surface area contributed by atoms with Gasteiger partial charge in [0.2, 0.25) is 0 Å². The molecule has 0 bridgehead atoms. The number of nitrogens with one attached hydrogen (secondary N) is 2. The van der Waals surface area contributed by atoms with Crippen molar-refractivity contribution in [3.8, 4) is 12.3 Å². The summed E-state index contributed by atoms with van der Waals surface area (Å²) < 4.78 is 0. The van der Waals surface area contributed by atoms with E-state index in [-0.39, 0.29) is 6.42 Å². The van der Waals surface area contributed by atoms with Crippen molar-refractivity contribution in [1.82, 2.24) is 20.7 Å². The Morgan fingerprint density at radius 3 is 2.84 bits per heavy atom. The second-order valence-electron chi connectivity index (χ2n) is 3.80. The van der Waals surface area contributed by atoms with E-state index in [1.165, 1.54) is 12.1 Å². The van der Waals surface area contributed by atoms with Crippen LogP contribution >= 0.6 is 0 Å². The van der Waals surface area contributed by atoms with Gasteiger partial charge >= 0.3 is 5.97 Å². The second kappa shape index (κ2) is 5.18. The van der Waals surface area contributed by atoms with Crippen LogP contribution in [0.25, 0.3) is 11.0 Å².